The third-order valence-corrected chi connectivity index (χ3v) is 1.76. The highest BCUT2D eigenvalue weighted by atomic mass is 35.5. The zero-order chi connectivity index (χ0) is 8.81. The number of pyridine rings is 1. The van der Waals surface area contributed by atoms with E-state index < -0.39 is 0 Å². The summed E-state index contributed by atoms with van der Waals surface area (Å²) in [7, 11) is 0. The molecular weight excluding hydrogens is 178 g/mol. The van der Waals surface area contributed by atoms with Crippen LogP contribution in [0.15, 0.2) is 24.5 Å². The lowest BCUT2D eigenvalue weighted by Gasteiger charge is -2.06. The molecule has 1 atom stereocenters. The van der Waals surface area contributed by atoms with Crippen molar-refractivity contribution < 1.29 is 9.53 Å². The van der Waals surface area contributed by atoms with E-state index in [1.165, 1.54) is 0 Å². The number of halogens is 1. The van der Waals surface area contributed by atoms with Crippen LogP contribution in [-0.2, 0) is 9.53 Å². The number of alkyl halides is 1. The number of aromatic nitrogens is 1. The van der Waals surface area contributed by atoms with Crippen molar-refractivity contribution in [2.75, 3.05) is 6.61 Å². The quantitative estimate of drug-likeness (QED) is 0.528. The fourth-order valence-corrected chi connectivity index (χ4v) is 1.01. The molecule has 1 unspecified atom stereocenters. The Morgan fingerprint density at radius 1 is 1.58 bits per heavy atom. The fourth-order valence-electron chi connectivity index (χ4n) is 0.792. The number of carbonyl (C=O) groups excluding carboxylic acids is 1. The Balaban J connectivity index is 2.53. The molecule has 0 saturated heterocycles. The number of carbonyl (C=O) groups is 1. The van der Waals surface area contributed by atoms with Crippen LogP contribution in [0, 0.1) is 0 Å². The van der Waals surface area contributed by atoms with Crippen molar-refractivity contribution in [1.29, 1.82) is 0 Å². The summed E-state index contributed by atoms with van der Waals surface area (Å²) in [5.74, 6) is 0. The van der Waals surface area contributed by atoms with Crippen LogP contribution in [0.2, 0.25) is 0 Å². The molecule has 0 amide bonds. The van der Waals surface area contributed by atoms with Gasteiger partial charge in [0.25, 0.3) is 6.47 Å². The highest BCUT2D eigenvalue weighted by molar-refractivity contribution is 6.20. The Morgan fingerprint density at radius 3 is 2.83 bits per heavy atom. The molecule has 0 aliphatic carbocycles. The minimum absolute atomic E-state index is 0.190. The van der Waals surface area contributed by atoms with E-state index >= 15 is 0 Å². The molecule has 1 rings (SSSR count). The van der Waals surface area contributed by atoms with E-state index in [1.54, 1.807) is 24.5 Å². The van der Waals surface area contributed by atoms with Crippen LogP contribution < -0.4 is 0 Å². The van der Waals surface area contributed by atoms with E-state index in [4.69, 9.17) is 11.6 Å². The van der Waals surface area contributed by atoms with E-state index in [2.05, 4.69) is 9.72 Å². The van der Waals surface area contributed by atoms with Gasteiger partial charge in [-0.2, -0.15) is 0 Å². The summed E-state index contributed by atoms with van der Waals surface area (Å²) in [5.41, 5.74) is 0.897. The van der Waals surface area contributed by atoms with Gasteiger partial charge >= 0.3 is 0 Å². The molecule has 64 valence electrons. The Kier molecular flexibility index (Phi) is 3.54. The summed E-state index contributed by atoms with van der Waals surface area (Å²) in [6.45, 7) is 0.575. The maximum absolute atomic E-state index is 9.85. The van der Waals surface area contributed by atoms with E-state index in [-0.39, 0.29) is 12.0 Å². The monoisotopic (exact) mass is 185 g/mol. The minimum atomic E-state index is -0.293. The molecule has 12 heavy (non-hydrogen) atoms. The van der Waals surface area contributed by atoms with Crippen molar-refractivity contribution in [3.63, 3.8) is 0 Å². The average molecular weight is 186 g/mol. The SMILES string of the molecule is O=COCC(Cl)c1ccncc1. The first-order valence-electron chi connectivity index (χ1n) is 3.44. The maximum atomic E-state index is 9.85. The largest absolute Gasteiger partial charge is 0.466 e. The first-order valence-corrected chi connectivity index (χ1v) is 3.87. The molecule has 1 heterocycles. The Morgan fingerprint density at radius 2 is 2.25 bits per heavy atom. The molecule has 0 spiro atoms. The second-order valence-electron chi connectivity index (χ2n) is 2.18. The van der Waals surface area contributed by atoms with Gasteiger partial charge in [-0.25, -0.2) is 0 Å². The van der Waals surface area contributed by atoms with Gasteiger partial charge in [0.2, 0.25) is 0 Å². The van der Waals surface area contributed by atoms with E-state index in [0.29, 0.717) is 6.47 Å². The number of hydrogen-bond acceptors (Lipinski definition) is 3. The summed E-state index contributed by atoms with van der Waals surface area (Å²) in [6.07, 6.45) is 3.29. The normalized spacial score (nSPS) is 12.1. The van der Waals surface area contributed by atoms with Crippen LogP contribution in [0.1, 0.15) is 10.9 Å². The van der Waals surface area contributed by atoms with Crippen molar-refractivity contribution in [2.45, 2.75) is 5.38 Å². The molecule has 0 aliphatic rings. The molecule has 1 aromatic rings. The molecule has 0 bridgehead atoms. The van der Waals surface area contributed by atoms with Crippen LogP contribution >= 0.6 is 11.6 Å². The van der Waals surface area contributed by atoms with Crippen LogP contribution in [0.3, 0.4) is 0 Å². The summed E-state index contributed by atoms with van der Waals surface area (Å²) >= 11 is 5.87. The Labute approximate surface area is 75.3 Å². The summed E-state index contributed by atoms with van der Waals surface area (Å²) in [5, 5.41) is -0.293. The van der Waals surface area contributed by atoms with Gasteiger partial charge in [0.1, 0.15) is 6.61 Å². The second kappa shape index (κ2) is 4.72. The molecule has 0 aliphatic heterocycles. The summed E-state index contributed by atoms with van der Waals surface area (Å²) in [4.78, 5) is 13.7. The van der Waals surface area contributed by atoms with Gasteiger partial charge in [0.15, 0.2) is 0 Å². The highest BCUT2D eigenvalue weighted by Gasteiger charge is 2.06. The lowest BCUT2D eigenvalue weighted by Crippen LogP contribution is -2.00. The number of nitrogens with zero attached hydrogens (tertiary/aromatic N) is 1. The Bertz CT molecular complexity index is 240. The standard InChI is InChI=1S/C8H8ClNO2/c9-8(5-12-6-11)7-1-3-10-4-2-7/h1-4,6,8H,5H2. The van der Waals surface area contributed by atoms with Crippen molar-refractivity contribution >= 4 is 18.1 Å². The number of hydrogen-bond donors (Lipinski definition) is 0. The van der Waals surface area contributed by atoms with Crippen LogP contribution in [0.4, 0.5) is 0 Å². The molecule has 0 fully saturated rings. The van der Waals surface area contributed by atoms with Gasteiger partial charge in [-0.15, -0.1) is 11.6 Å². The molecule has 0 saturated carbocycles. The van der Waals surface area contributed by atoms with Crippen LogP contribution in [0.5, 0.6) is 0 Å². The van der Waals surface area contributed by atoms with Crippen LogP contribution in [0.25, 0.3) is 0 Å². The van der Waals surface area contributed by atoms with E-state index in [1.807, 2.05) is 0 Å². The van der Waals surface area contributed by atoms with Gasteiger partial charge in [0, 0.05) is 12.4 Å². The Hall–Kier alpha value is -1.09. The third kappa shape index (κ3) is 2.51. The fraction of sp³-hybridized carbons (Fsp3) is 0.250. The van der Waals surface area contributed by atoms with Gasteiger partial charge < -0.3 is 4.74 Å². The van der Waals surface area contributed by atoms with Crippen molar-refractivity contribution in [3.8, 4) is 0 Å². The minimum Gasteiger partial charge on any atom is -0.466 e. The molecule has 1 aromatic heterocycles. The average Bonchev–Trinajstić information content (AvgIpc) is 2.15. The van der Waals surface area contributed by atoms with Gasteiger partial charge in [0.05, 0.1) is 5.38 Å². The predicted molar refractivity (Wildman–Crippen MR) is 44.8 cm³/mol. The zero-order valence-corrected chi connectivity index (χ0v) is 7.07. The highest BCUT2D eigenvalue weighted by Crippen LogP contribution is 2.18. The second-order valence-corrected chi connectivity index (χ2v) is 2.70. The van der Waals surface area contributed by atoms with E-state index in [9.17, 15) is 4.79 Å². The van der Waals surface area contributed by atoms with Gasteiger partial charge in [-0.1, -0.05) is 0 Å². The molecule has 3 nitrogen and oxygen atoms in total. The molecule has 0 aromatic carbocycles. The molecular formula is C8H8ClNO2. The molecule has 4 heteroatoms. The summed E-state index contributed by atoms with van der Waals surface area (Å²) < 4.78 is 4.52. The maximum Gasteiger partial charge on any atom is 0.293 e. The van der Waals surface area contributed by atoms with Crippen LogP contribution in [-0.4, -0.2) is 18.1 Å². The first kappa shape index (κ1) is 9.00. The zero-order valence-electron chi connectivity index (χ0n) is 6.31. The van der Waals surface area contributed by atoms with Gasteiger partial charge in [-0.05, 0) is 17.7 Å². The van der Waals surface area contributed by atoms with Crippen molar-refractivity contribution in [3.05, 3.63) is 30.1 Å². The van der Waals surface area contributed by atoms with Crippen molar-refractivity contribution in [1.82, 2.24) is 4.98 Å². The molecule has 0 radical (unpaired) electrons. The van der Waals surface area contributed by atoms with E-state index in [0.717, 1.165) is 5.56 Å². The topological polar surface area (TPSA) is 39.2 Å². The lowest BCUT2D eigenvalue weighted by molar-refractivity contribution is -0.128. The predicted octanol–water partition coefficient (Wildman–Crippen LogP) is 1.53. The summed E-state index contributed by atoms with van der Waals surface area (Å²) in [6, 6.07) is 3.57. The lowest BCUT2D eigenvalue weighted by atomic mass is 10.2. The van der Waals surface area contributed by atoms with Gasteiger partial charge in [-0.3, -0.25) is 9.78 Å². The third-order valence-electron chi connectivity index (χ3n) is 1.38. The number of rotatable bonds is 4. The first-order chi connectivity index (χ1) is 5.84. The molecule has 0 N–H and O–H groups in total. The number of ether oxygens (including phenoxy) is 1. The van der Waals surface area contributed by atoms with Crippen molar-refractivity contribution in [2.24, 2.45) is 0 Å². The smallest absolute Gasteiger partial charge is 0.293 e.